The molecular formula is C30H29ClN6O5. The van der Waals surface area contributed by atoms with Crippen LogP contribution in [0.5, 0.6) is 6.01 Å². The molecule has 7 rings (SSSR count). The Labute approximate surface area is 246 Å². The topological polar surface area (TPSA) is 140 Å². The van der Waals surface area contributed by atoms with Gasteiger partial charge in [0.05, 0.1) is 58.8 Å². The van der Waals surface area contributed by atoms with E-state index in [4.69, 9.17) is 30.8 Å². The van der Waals surface area contributed by atoms with Crippen LogP contribution in [0.25, 0.3) is 39.4 Å². The third-order valence-electron chi connectivity index (χ3n) is 7.39. The molecule has 42 heavy (non-hydrogen) atoms. The Morgan fingerprint density at radius 2 is 1.83 bits per heavy atom. The maximum Gasteiger partial charge on any atom is 0.296 e. The number of nitrogens with one attached hydrogen (secondary N) is 1. The van der Waals surface area contributed by atoms with Crippen molar-refractivity contribution in [1.29, 1.82) is 0 Å². The lowest BCUT2D eigenvalue weighted by atomic mass is 10.0. The Morgan fingerprint density at radius 3 is 2.60 bits per heavy atom. The summed E-state index contributed by atoms with van der Waals surface area (Å²) < 4.78 is 19.0. The molecule has 2 saturated heterocycles. The number of pyridine rings is 2. The van der Waals surface area contributed by atoms with E-state index in [1.165, 1.54) is 0 Å². The Hall–Kier alpha value is -3.87. The van der Waals surface area contributed by atoms with Crippen molar-refractivity contribution in [3.05, 3.63) is 71.6 Å². The largest absolute Gasteiger partial charge is 0.456 e. The van der Waals surface area contributed by atoms with E-state index < -0.39 is 11.7 Å². The number of aromatic amines is 1. The van der Waals surface area contributed by atoms with Gasteiger partial charge in [-0.05, 0) is 37.6 Å². The number of nitrogens with zero attached hydrogens (tertiary/aromatic N) is 5. The number of halogens is 1. The first-order valence-electron chi connectivity index (χ1n) is 13.7. The van der Waals surface area contributed by atoms with Gasteiger partial charge in [-0.3, -0.25) is 4.98 Å². The quantitative estimate of drug-likeness (QED) is 0.259. The fraction of sp³-hybridized carbons (Fsp3) is 0.333. The summed E-state index contributed by atoms with van der Waals surface area (Å²) in [5, 5.41) is 24.9. The standard InChI is InChI=1S/C30H29ClN6O5/c1-30(2,39)10-16-11-33-37(13-16)19-7-8-21(32-12-19)17-3-5-18(6-4-17)25-20(31)9-22-28(35-25)36-29(34-22)42-24-15-41-26-23(38)14-40-27(24)26/h3-9,11-13,23-24,26-27,38-39H,10,14-15H2,1-2H3,(H,34,35,36)/t23-,24-,26-,27?/m1/s1. The molecule has 2 aliphatic rings. The molecule has 0 amide bonds. The van der Waals surface area contributed by atoms with Crippen LogP contribution in [0, 0.1) is 0 Å². The van der Waals surface area contributed by atoms with Gasteiger partial charge in [0.15, 0.2) is 11.8 Å². The fourth-order valence-corrected chi connectivity index (χ4v) is 5.69. The molecule has 3 N–H and O–H groups in total. The molecule has 0 bridgehead atoms. The van der Waals surface area contributed by atoms with Gasteiger partial charge < -0.3 is 29.4 Å². The number of imidazole rings is 1. The number of rotatable bonds is 7. The first-order chi connectivity index (χ1) is 20.2. The highest BCUT2D eigenvalue weighted by Gasteiger charge is 2.48. The van der Waals surface area contributed by atoms with Gasteiger partial charge in [-0.25, -0.2) is 9.67 Å². The molecule has 1 aromatic carbocycles. The van der Waals surface area contributed by atoms with Crippen molar-refractivity contribution in [1.82, 2.24) is 29.7 Å². The van der Waals surface area contributed by atoms with Crippen LogP contribution in [0.2, 0.25) is 5.02 Å². The zero-order valence-electron chi connectivity index (χ0n) is 22.9. The number of hydrogen-bond donors (Lipinski definition) is 3. The smallest absolute Gasteiger partial charge is 0.296 e. The Balaban J connectivity index is 1.07. The van der Waals surface area contributed by atoms with Gasteiger partial charge in [-0.2, -0.15) is 10.1 Å². The summed E-state index contributed by atoms with van der Waals surface area (Å²) in [6.07, 6.45) is 4.19. The van der Waals surface area contributed by atoms with Crippen molar-refractivity contribution in [3.8, 4) is 34.2 Å². The van der Waals surface area contributed by atoms with E-state index in [1.807, 2.05) is 42.6 Å². The van der Waals surface area contributed by atoms with Gasteiger partial charge >= 0.3 is 0 Å². The summed E-state index contributed by atoms with van der Waals surface area (Å²) >= 11 is 6.62. The van der Waals surface area contributed by atoms with Crippen LogP contribution >= 0.6 is 11.6 Å². The van der Waals surface area contributed by atoms with Crippen molar-refractivity contribution in [2.45, 2.75) is 50.3 Å². The Morgan fingerprint density at radius 1 is 1.05 bits per heavy atom. The summed E-state index contributed by atoms with van der Waals surface area (Å²) in [4.78, 5) is 16.9. The fourth-order valence-electron chi connectivity index (χ4n) is 5.43. The molecule has 2 fully saturated rings. The number of H-pyrrole nitrogens is 1. The first-order valence-corrected chi connectivity index (χ1v) is 14.1. The molecule has 0 aliphatic carbocycles. The predicted molar refractivity (Wildman–Crippen MR) is 155 cm³/mol. The average Bonchev–Trinajstić information content (AvgIpc) is 3.75. The molecule has 0 spiro atoms. The minimum absolute atomic E-state index is 0.229. The molecule has 216 valence electrons. The van der Waals surface area contributed by atoms with Crippen molar-refractivity contribution >= 4 is 22.8 Å². The van der Waals surface area contributed by atoms with Crippen molar-refractivity contribution < 1.29 is 24.4 Å². The summed E-state index contributed by atoms with van der Waals surface area (Å²) in [5.74, 6) is 0. The summed E-state index contributed by atoms with van der Waals surface area (Å²) in [6, 6.07) is 13.8. The molecule has 4 atom stereocenters. The van der Waals surface area contributed by atoms with Crippen LogP contribution in [0.15, 0.2) is 61.1 Å². The lowest BCUT2D eigenvalue weighted by Gasteiger charge is -2.15. The van der Waals surface area contributed by atoms with Crippen LogP contribution in [0.1, 0.15) is 19.4 Å². The SMILES string of the molecule is CC(C)(O)Cc1cnn(-c2ccc(-c3ccc(-c4nc5nc(O[C@@H]6CO[C@H]7C6OC[C@H]7O)[nH]c5cc4Cl)cc3)nc2)c1. The number of aliphatic hydroxyl groups excluding tert-OH is 1. The zero-order chi connectivity index (χ0) is 29.0. The summed E-state index contributed by atoms with van der Waals surface area (Å²) in [5.41, 5.74) is 5.30. The molecule has 11 nitrogen and oxygen atoms in total. The van der Waals surface area contributed by atoms with Gasteiger partial charge in [0.1, 0.15) is 18.3 Å². The molecule has 0 saturated carbocycles. The van der Waals surface area contributed by atoms with Crippen LogP contribution in [0.3, 0.4) is 0 Å². The Kier molecular flexibility index (Phi) is 6.71. The average molecular weight is 589 g/mol. The molecule has 4 aromatic heterocycles. The maximum atomic E-state index is 10.1. The highest BCUT2D eigenvalue weighted by atomic mass is 35.5. The van der Waals surface area contributed by atoms with E-state index in [0.29, 0.717) is 40.9 Å². The highest BCUT2D eigenvalue weighted by molar-refractivity contribution is 6.33. The minimum Gasteiger partial charge on any atom is -0.456 e. The zero-order valence-corrected chi connectivity index (χ0v) is 23.7. The van der Waals surface area contributed by atoms with Gasteiger partial charge in [0.25, 0.3) is 6.01 Å². The third-order valence-corrected chi connectivity index (χ3v) is 7.68. The van der Waals surface area contributed by atoms with E-state index in [2.05, 4.69) is 20.1 Å². The number of aliphatic hydroxyl groups is 2. The number of aromatic nitrogens is 6. The number of fused-ring (bicyclic) bond motifs is 2. The van der Waals surface area contributed by atoms with E-state index in [1.54, 1.807) is 37.0 Å². The van der Waals surface area contributed by atoms with Crippen LogP contribution < -0.4 is 4.74 Å². The molecule has 12 heteroatoms. The van der Waals surface area contributed by atoms with Gasteiger partial charge in [0, 0.05) is 23.7 Å². The summed E-state index contributed by atoms with van der Waals surface area (Å²) in [7, 11) is 0. The van der Waals surface area contributed by atoms with Crippen LogP contribution in [0.4, 0.5) is 0 Å². The highest BCUT2D eigenvalue weighted by Crippen LogP contribution is 2.33. The lowest BCUT2D eigenvalue weighted by molar-refractivity contribution is 0.00706. The molecule has 2 aliphatic heterocycles. The number of hydrogen-bond acceptors (Lipinski definition) is 9. The van der Waals surface area contributed by atoms with Crippen LogP contribution in [-0.4, -0.2) is 83.2 Å². The van der Waals surface area contributed by atoms with Crippen molar-refractivity contribution in [2.24, 2.45) is 0 Å². The van der Waals surface area contributed by atoms with Gasteiger partial charge in [-0.1, -0.05) is 35.9 Å². The number of benzene rings is 1. The molecule has 0 radical (unpaired) electrons. The van der Waals surface area contributed by atoms with E-state index in [0.717, 1.165) is 28.1 Å². The second kappa shape index (κ2) is 10.4. The minimum atomic E-state index is -0.797. The van der Waals surface area contributed by atoms with E-state index >= 15 is 0 Å². The second-order valence-corrected chi connectivity index (χ2v) is 11.7. The molecule has 6 heterocycles. The van der Waals surface area contributed by atoms with E-state index in [-0.39, 0.29) is 24.9 Å². The normalized spacial score (nSPS) is 22.1. The monoisotopic (exact) mass is 588 g/mol. The maximum absolute atomic E-state index is 10.1. The lowest BCUT2D eigenvalue weighted by Crippen LogP contribution is -2.34. The first kappa shape index (κ1) is 27.0. The number of ether oxygens (including phenoxy) is 3. The second-order valence-electron chi connectivity index (χ2n) is 11.3. The van der Waals surface area contributed by atoms with Crippen molar-refractivity contribution in [3.63, 3.8) is 0 Å². The molecular weight excluding hydrogens is 560 g/mol. The Bertz CT molecular complexity index is 1730. The third kappa shape index (κ3) is 5.25. The van der Waals surface area contributed by atoms with Gasteiger partial charge in [0.2, 0.25) is 0 Å². The van der Waals surface area contributed by atoms with Gasteiger partial charge in [-0.15, -0.1) is 0 Å². The molecule has 1 unspecified atom stereocenters. The predicted octanol–water partition coefficient (Wildman–Crippen LogP) is 3.75. The summed E-state index contributed by atoms with van der Waals surface area (Å²) in [6.45, 7) is 4.09. The molecule has 5 aromatic rings. The van der Waals surface area contributed by atoms with Crippen LogP contribution in [-0.2, 0) is 15.9 Å². The van der Waals surface area contributed by atoms with Crippen molar-refractivity contribution in [2.75, 3.05) is 13.2 Å². The van der Waals surface area contributed by atoms with E-state index in [9.17, 15) is 10.2 Å².